The lowest BCUT2D eigenvalue weighted by Crippen LogP contribution is -2.38. The molecule has 1 saturated carbocycles. The van der Waals surface area contributed by atoms with Crippen LogP contribution in [-0.4, -0.2) is 23.0 Å². The monoisotopic (exact) mass is 263 g/mol. The van der Waals surface area contributed by atoms with Crippen LogP contribution in [0.15, 0.2) is 12.1 Å². The van der Waals surface area contributed by atoms with E-state index < -0.39 is 5.91 Å². The number of nitrogens with two attached hydrogens (primary N) is 2. The molecule has 0 spiro atoms. The average Bonchev–Trinajstić information content (AvgIpc) is 2.55. The van der Waals surface area contributed by atoms with Crippen molar-refractivity contribution in [3.05, 3.63) is 23.4 Å². The number of amides is 1. The molecule has 4 N–H and O–H groups in total. The lowest BCUT2D eigenvalue weighted by atomic mass is 10.1. The standard InChI is InChI=1S/C14H21N3O2/c1-9-7-8-10(13(16)18)14(17-9)19-12-6-4-2-3-5-11(12)15/h7-8,11-12H,2-6,15H2,1H3,(H2,16,18). The normalized spacial score (nSPS) is 23.7. The van der Waals surface area contributed by atoms with Gasteiger partial charge in [-0.1, -0.05) is 12.8 Å². The van der Waals surface area contributed by atoms with Crippen molar-refractivity contribution in [3.63, 3.8) is 0 Å². The van der Waals surface area contributed by atoms with Gasteiger partial charge in [-0.15, -0.1) is 0 Å². The molecule has 2 atom stereocenters. The van der Waals surface area contributed by atoms with E-state index in [2.05, 4.69) is 4.98 Å². The van der Waals surface area contributed by atoms with E-state index >= 15 is 0 Å². The lowest BCUT2D eigenvalue weighted by molar-refractivity contribution is 0.0986. The molecule has 1 aliphatic rings. The van der Waals surface area contributed by atoms with Crippen molar-refractivity contribution in [2.75, 3.05) is 0 Å². The molecular formula is C14H21N3O2. The van der Waals surface area contributed by atoms with Crippen LogP contribution >= 0.6 is 0 Å². The third-order valence-electron chi connectivity index (χ3n) is 3.53. The molecule has 2 unspecified atom stereocenters. The van der Waals surface area contributed by atoms with Crippen LogP contribution in [0, 0.1) is 6.92 Å². The van der Waals surface area contributed by atoms with Crippen LogP contribution in [0.4, 0.5) is 0 Å². The number of primary amides is 1. The number of carbonyl (C=O) groups is 1. The third-order valence-corrected chi connectivity index (χ3v) is 3.53. The third kappa shape index (κ3) is 3.44. The smallest absolute Gasteiger partial charge is 0.254 e. The van der Waals surface area contributed by atoms with E-state index in [-0.39, 0.29) is 12.1 Å². The highest BCUT2D eigenvalue weighted by Crippen LogP contribution is 2.23. The molecule has 0 bridgehead atoms. The minimum atomic E-state index is -0.523. The molecular weight excluding hydrogens is 242 g/mol. The van der Waals surface area contributed by atoms with Gasteiger partial charge in [-0.3, -0.25) is 4.79 Å². The number of rotatable bonds is 3. The second-order valence-electron chi connectivity index (χ2n) is 5.13. The first kappa shape index (κ1) is 13.8. The zero-order chi connectivity index (χ0) is 13.8. The van der Waals surface area contributed by atoms with Gasteiger partial charge in [0.1, 0.15) is 11.7 Å². The van der Waals surface area contributed by atoms with E-state index in [1.54, 1.807) is 12.1 Å². The minimum Gasteiger partial charge on any atom is -0.472 e. The van der Waals surface area contributed by atoms with Crippen molar-refractivity contribution in [1.82, 2.24) is 4.98 Å². The molecule has 1 heterocycles. The second kappa shape index (κ2) is 6.02. The van der Waals surface area contributed by atoms with Crippen LogP contribution in [0.2, 0.25) is 0 Å². The molecule has 1 aromatic heterocycles. The number of hydrogen-bond acceptors (Lipinski definition) is 4. The minimum absolute atomic E-state index is 0.00876. The van der Waals surface area contributed by atoms with Gasteiger partial charge in [-0.05, 0) is 38.3 Å². The number of aromatic nitrogens is 1. The van der Waals surface area contributed by atoms with Gasteiger partial charge in [0.2, 0.25) is 5.88 Å². The summed E-state index contributed by atoms with van der Waals surface area (Å²) < 4.78 is 5.88. The first-order valence-electron chi connectivity index (χ1n) is 6.77. The van der Waals surface area contributed by atoms with Crippen molar-refractivity contribution in [1.29, 1.82) is 0 Å². The van der Waals surface area contributed by atoms with E-state index in [1.807, 2.05) is 6.92 Å². The predicted molar refractivity (Wildman–Crippen MR) is 73.0 cm³/mol. The summed E-state index contributed by atoms with van der Waals surface area (Å²) in [5, 5.41) is 0. The maximum absolute atomic E-state index is 11.4. The van der Waals surface area contributed by atoms with Gasteiger partial charge in [-0.25, -0.2) is 4.98 Å². The lowest BCUT2D eigenvalue weighted by Gasteiger charge is -2.23. The van der Waals surface area contributed by atoms with Gasteiger partial charge in [0, 0.05) is 11.7 Å². The van der Waals surface area contributed by atoms with Crippen molar-refractivity contribution in [2.24, 2.45) is 11.5 Å². The van der Waals surface area contributed by atoms with Crippen LogP contribution < -0.4 is 16.2 Å². The molecule has 1 aliphatic carbocycles. The molecule has 104 valence electrons. The van der Waals surface area contributed by atoms with Crippen molar-refractivity contribution >= 4 is 5.91 Å². The fourth-order valence-electron chi connectivity index (χ4n) is 2.40. The fraction of sp³-hybridized carbons (Fsp3) is 0.571. The Kier molecular flexibility index (Phi) is 4.37. The maximum atomic E-state index is 11.4. The molecule has 5 heteroatoms. The van der Waals surface area contributed by atoms with E-state index in [1.165, 1.54) is 6.42 Å². The summed E-state index contributed by atoms with van der Waals surface area (Å²) in [4.78, 5) is 15.7. The molecule has 1 amide bonds. The summed E-state index contributed by atoms with van der Waals surface area (Å²) in [5.74, 6) is -0.209. The Balaban J connectivity index is 2.21. The largest absolute Gasteiger partial charge is 0.472 e. The first-order chi connectivity index (χ1) is 9.08. The summed E-state index contributed by atoms with van der Waals surface area (Å²) in [6, 6.07) is 3.40. The quantitative estimate of drug-likeness (QED) is 0.809. The summed E-state index contributed by atoms with van der Waals surface area (Å²) in [7, 11) is 0. The summed E-state index contributed by atoms with van der Waals surface area (Å²) in [5.41, 5.74) is 12.6. The van der Waals surface area contributed by atoms with E-state index in [9.17, 15) is 4.79 Å². The molecule has 19 heavy (non-hydrogen) atoms. The van der Waals surface area contributed by atoms with E-state index in [4.69, 9.17) is 16.2 Å². The number of ether oxygens (including phenoxy) is 1. The zero-order valence-electron chi connectivity index (χ0n) is 11.3. The Hall–Kier alpha value is -1.62. The highest BCUT2D eigenvalue weighted by Gasteiger charge is 2.24. The SMILES string of the molecule is Cc1ccc(C(N)=O)c(OC2CCCCCC2N)n1. The van der Waals surface area contributed by atoms with Crippen molar-refractivity contribution in [2.45, 2.75) is 51.2 Å². The van der Waals surface area contributed by atoms with Crippen LogP contribution in [0.25, 0.3) is 0 Å². The van der Waals surface area contributed by atoms with Gasteiger partial charge in [0.25, 0.3) is 5.91 Å². The Morgan fingerprint density at radius 3 is 2.79 bits per heavy atom. The van der Waals surface area contributed by atoms with Gasteiger partial charge in [-0.2, -0.15) is 0 Å². The predicted octanol–water partition coefficient (Wildman–Crippen LogP) is 1.53. The Labute approximate surface area is 113 Å². The van der Waals surface area contributed by atoms with E-state index in [0.29, 0.717) is 11.4 Å². The van der Waals surface area contributed by atoms with Crippen LogP contribution in [0.1, 0.15) is 48.2 Å². The second-order valence-corrected chi connectivity index (χ2v) is 5.13. The van der Waals surface area contributed by atoms with Crippen molar-refractivity contribution in [3.8, 4) is 5.88 Å². The van der Waals surface area contributed by atoms with Gasteiger partial charge < -0.3 is 16.2 Å². The zero-order valence-corrected chi connectivity index (χ0v) is 11.3. The number of carbonyl (C=O) groups excluding carboxylic acids is 1. The molecule has 0 aromatic carbocycles. The summed E-state index contributed by atoms with van der Waals surface area (Å²) in [6.07, 6.45) is 5.16. The number of pyridine rings is 1. The summed E-state index contributed by atoms with van der Waals surface area (Å²) in [6.45, 7) is 1.85. The first-order valence-corrected chi connectivity index (χ1v) is 6.77. The van der Waals surface area contributed by atoms with Gasteiger partial charge in [0.05, 0.1) is 0 Å². The topological polar surface area (TPSA) is 91.2 Å². The number of hydrogen-bond donors (Lipinski definition) is 2. The fourth-order valence-corrected chi connectivity index (χ4v) is 2.40. The van der Waals surface area contributed by atoms with Gasteiger partial charge >= 0.3 is 0 Å². The van der Waals surface area contributed by atoms with Crippen LogP contribution in [0.5, 0.6) is 5.88 Å². The van der Waals surface area contributed by atoms with Crippen LogP contribution in [0.3, 0.4) is 0 Å². The summed E-state index contributed by atoms with van der Waals surface area (Å²) >= 11 is 0. The van der Waals surface area contributed by atoms with Crippen molar-refractivity contribution < 1.29 is 9.53 Å². The van der Waals surface area contributed by atoms with Gasteiger partial charge in [0.15, 0.2) is 0 Å². The van der Waals surface area contributed by atoms with E-state index in [0.717, 1.165) is 31.4 Å². The molecule has 2 rings (SSSR count). The molecule has 0 aliphatic heterocycles. The molecule has 5 nitrogen and oxygen atoms in total. The Bertz CT molecular complexity index is 462. The average molecular weight is 263 g/mol. The Morgan fingerprint density at radius 2 is 2.05 bits per heavy atom. The Morgan fingerprint density at radius 1 is 1.32 bits per heavy atom. The molecule has 0 radical (unpaired) electrons. The number of nitrogens with zero attached hydrogens (tertiary/aromatic N) is 1. The molecule has 0 saturated heterocycles. The maximum Gasteiger partial charge on any atom is 0.254 e. The number of aryl methyl sites for hydroxylation is 1. The van der Waals surface area contributed by atoms with Crippen LogP contribution in [-0.2, 0) is 0 Å². The highest BCUT2D eigenvalue weighted by atomic mass is 16.5. The molecule has 1 aromatic rings. The highest BCUT2D eigenvalue weighted by molar-refractivity contribution is 5.95. The molecule has 1 fully saturated rings.